The first-order valence-corrected chi connectivity index (χ1v) is 9.55. The molecule has 32 heavy (non-hydrogen) atoms. The van der Waals surface area contributed by atoms with E-state index in [-0.39, 0.29) is 28.7 Å². The first-order chi connectivity index (χ1) is 15.0. The molecular weight excluding hydrogens is 423 g/mol. The van der Waals surface area contributed by atoms with Crippen molar-refractivity contribution in [2.75, 3.05) is 7.05 Å². The number of benzene rings is 1. The van der Waals surface area contributed by atoms with Gasteiger partial charge >= 0.3 is 6.18 Å². The summed E-state index contributed by atoms with van der Waals surface area (Å²) in [4.78, 5) is 42.4. The molecule has 2 amide bonds. The van der Waals surface area contributed by atoms with Gasteiger partial charge < -0.3 is 5.73 Å². The number of aromatic nitrogens is 1. The molecule has 2 N–H and O–H groups in total. The lowest BCUT2D eigenvalue weighted by atomic mass is 9.90. The van der Waals surface area contributed by atoms with Crippen LogP contribution in [0.4, 0.5) is 13.2 Å². The zero-order chi connectivity index (χ0) is 23.8. The molecule has 0 fully saturated rings. The highest BCUT2D eigenvalue weighted by atomic mass is 19.4. The van der Waals surface area contributed by atoms with E-state index in [1.165, 1.54) is 25.4 Å². The minimum atomic E-state index is -4.61. The molecule has 1 atom stereocenters. The topological polar surface area (TPSA) is 93.4 Å². The lowest BCUT2D eigenvalue weighted by Crippen LogP contribution is -2.33. The van der Waals surface area contributed by atoms with Crippen LogP contribution in [0, 0.1) is 6.92 Å². The fourth-order valence-corrected chi connectivity index (χ4v) is 3.59. The third kappa shape index (κ3) is 4.24. The predicted molar refractivity (Wildman–Crippen MR) is 112 cm³/mol. The molecule has 2 aromatic rings. The van der Waals surface area contributed by atoms with Gasteiger partial charge in [0, 0.05) is 25.9 Å². The first-order valence-electron chi connectivity index (χ1n) is 9.55. The maximum atomic E-state index is 13.1. The summed E-state index contributed by atoms with van der Waals surface area (Å²) >= 11 is 0. The van der Waals surface area contributed by atoms with Crippen molar-refractivity contribution in [1.82, 2.24) is 9.88 Å². The van der Waals surface area contributed by atoms with Crippen molar-refractivity contribution in [3.8, 4) is 0 Å². The van der Waals surface area contributed by atoms with Gasteiger partial charge in [-0.3, -0.25) is 24.3 Å². The normalized spacial score (nSPS) is 15.1. The summed E-state index contributed by atoms with van der Waals surface area (Å²) in [7, 11) is 1.35. The van der Waals surface area contributed by atoms with Gasteiger partial charge in [0.15, 0.2) is 5.78 Å². The molecule has 0 saturated carbocycles. The van der Waals surface area contributed by atoms with Crippen LogP contribution in [0.3, 0.4) is 0 Å². The molecule has 6 nitrogen and oxygen atoms in total. The summed E-state index contributed by atoms with van der Waals surface area (Å²) in [6, 6.07) is 2.75. The van der Waals surface area contributed by atoms with E-state index in [1.807, 2.05) is 0 Å². The van der Waals surface area contributed by atoms with Gasteiger partial charge in [0.25, 0.3) is 11.8 Å². The monoisotopic (exact) mass is 443 g/mol. The number of imide groups is 1. The largest absolute Gasteiger partial charge is 0.417 e. The number of carbonyl (C=O) groups excluding carboxylic acids is 3. The van der Waals surface area contributed by atoms with Gasteiger partial charge in [-0.05, 0) is 35.8 Å². The number of rotatable bonds is 6. The zero-order valence-electron chi connectivity index (χ0n) is 17.4. The number of aryl methyl sites for hydroxylation is 1. The Balaban J connectivity index is 1.96. The second-order valence-corrected chi connectivity index (χ2v) is 7.45. The molecule has 0 aliphatic carbocycles. The number of nitrogens with two attached hydrogens (primary N) is 1. The minimum Gasteiger partial charge on any atom is -0.318 e. The zero-order valence-corrected chi connectivity index (χ0v) is 17.4. The molecule has 9 heteroatoms. The van der Waals surface area contributed by atoms with Gasteiger partial charge in [0.1, 0.15) is 0 Å². The summed E-state index contributed by atoms with van der Waals surface area (Å²) in [5.74, 6) is -1.53. The Morgan fingerprint density at radius 2 is 1.91 bits per heavy atom. The van der Waals surface area contributed by atoms with Crippen molar-refractivity contribution in [3.05, 3.63) is 82.7 Å². The number of halogens is 3. The van der Waals surface area contributed by atoms with Crippen LogP contribution in [0.5, 0.6) is 0 Å². The van der Waals surface area contributed by atoms with Crippen LogP contribution in [-0.2, 0) is 17.4 Å². The van der Waals surface area contributed by atoms with Crippen LogP contribution < -0.4 is 5.73 Å². The van der Waals surface area contributed by atoms with E-state index in [0.29, 0.717) is 17.3 Å². The fraction of sp³-hybridized carbons (Fsp3) is 0.217. The number of nitrogens with zero attached hydrogens (tertiary/aromatic N) is 2. The van der Waals surface area contributed by atoms with E-state index < -0.39 is 35.4 Å². The van der Waals surface area contributed by atoms with Crippen LogP contribution >= 0.6 is 0 Å². The number of allylic oxidation sites excluding steroid dienone is 2. The molecule has 0 bridgehead atoms. The van der Waals surface area contributed by atoms with Crippen molar-refractivity contribution in [1.29, 1.82) is 0 Å². The third-order valence-corrected chi connectivity index (χ3v) is 5.16. The van der Waals surface area contributed by atoms with Crippen LogP contribution in [-0.4, -0.2) is 40.6 Å². The molecule has 1 unspecified atom stereocenters. The smallest absolute Gasteiger partial charge is 0.318 e. The number of Topliss-reactive ketones (excluding diaryl/α,β-unsaturated/α-hetero) is 1. The SMILES string of the molecule is C=C/C=C(/c1cncc(C(F)(F)F)c1)C(N)C(=O)Cc1cc(C)cc2c1C(=O)N(C)C2=O. The Kier molecular flexibility index (Phi) is 6.13. The average molecular weight is 443 g/mol. The van der Waals surface area contributed by atoms with E-state index in [4.69, 9.17) is 5.73 Å². The lowest BCUT2D eigenvalue weighted by Gasteiger charge is -2.17. The van der Waals surface area contributed by atoms with Crippen molar-refractivity contribution in [3.63, 3.8) is 0 Å². The van der Waals surface area contributed by atoms with Crippen molar-refractivity contribution in [2.45, 2.75) is 25.6 Å². The lowest BCUT2D eigenvalue weighted by molar-refractivity contribution is -0.137. The number of pyridine rings is 1. The molecule has 166 valence electrons. The third-order valence-electron chi connectivity index (χ3n) is 5.16. The summed E-state index contributed by atoms with van der Waals surface area (Å²) in [5, 5.41) is 0. The van der Waals surface area contributed by atoms with E-state index in [9.17, 15) is 27.6 Å². The second kappa shape index (κ2) is 8.51. The Morgan fingerprint density at radius 3 is 2.53 bits per heavy atom. The van der Waals surface area contributed by atoms with E-state index in [1.54, 1.807) is 19.1 Å². The minimum absolute atomic E-state index is 0.0287. The van der Waals surface area contributed by atoms with Gasteiger partial charge in [0.2, 0.25) is 0 Å². The Morgan fingerprint density at radius 1 is 1.22 bits per heavy atom. The summed E-state index contributed by atoms with van der Waals surface area (Å²) in [5.41, 5.74) is 6.64. The molecule has 1 aliphatic rings. The number of carbonyl (C=O) groups is 3. The summed E-state index contributed by atoms with van der Waals surface area (Å²) in [6.45, 7) is 5.26. The quantitative estimate of drug-likeness (QED) is 0.546. The number of hydrogen-bond acceptors (Lipinski definition) is 5. The predicted octanol–water partition coefficient (Wildman–Crippen LogP) is 3.34. The fourth-order valence-electron chi connectivity index (χ4n) is 3.59. The van der Waals surface area contributed by atoms with E-state index in [0.717, 1.165) is 11.0 Å². The van der Waals surface area contributed by atoms with Crippen molar-refractivity contribution < 1.29 is 27.6 Å². The van der Waals surface area contributed by atoms with Crippen molar-refractivity contribution in [2.24, 2.45) is 5.73 Å². The van der Waals surface area contributed by atoms with Crippen molar-refractivity contribution >= 4 is 23.2 Å². The van der Waals surface area contributed by atoms with Gasteiger partial charge in [0.05, 0.1) is 22.7 Å². The molecule has 1 aliphatic heterocycles. The van der Waals surface area contributed by atoms with Gasteiger partial charge in [-0.15, -0.1) is 0 Å². The molecule has 0 saturated heterocycles. The number of fused-ring (bicyclic) bond motifs is 1. The average Bonchev–Trinajstić information content (AvgIpc) is 2.95. The Hall–Kier alpha value is -3.59. The van der Waals surface area contributed by atoms with Crippen LogP contribution in [0.2, 0.25) is 0 Å². The maximum absolute atomic E-state index is 13.1. The maximum Gasteiger partial charge on any atom is 0.417 e. The van der Waals surface area contributed by atoms with Gasteiger partial charge in [-0.1, -0.05) is 30.4 Å². The molecule has 0 spiro atoms. The second-order valence-electron chi connectivity index (χ2n) is 7.45. The van der Waals surface area contributed by atoms with Gasteiger partial charge in [-0.2, -0.15) is 13.2 Å². The highest BCUT2D eigenvalue weighted by Crippen LogP contribution is 2.32. The van der Waals surface area contributed by atoms with Crippen LogP contribution in [0.25, 0.3) is 5.57 Å². The Bertz CT molecular complexity index is 1170. The summed E-state index contributed by atoms with van der Waals surface area (Å²) in [6.07, 6.45) is -0.375. The van der Waals surface area contributed by atoms with Crippen LogP contribution in [0.1, 0.15) is 43.0 Å². The highest BCUT2D eigenvalue weighted by Gasteiger charge is 2.36. The van der Waals surface area contributed by atoms with Crippen LogP contribution in [0.15, 0.2) is 49.3 Å². The molecular formula is C23H20F3N3O3. The molecule has 1 aromatic heterocycles. The molecule has 3 rings (SSSR count). The Labute approximate surface area is 182 Å². The molecule has 1 aromatic carbocycles. The van der Waals surface area contributed by atoms with E-state index in [2.05, 4.69) is 11.6 Å². The number of ketones is 1. The number of alkyl halides is 3. The summed E-state index contributed by atoms with van der Waals surface area (Å²) < 4.78 is 39.3. The first kappa shape index (κ1) is 23.1. The molecule has 2 heterocycles. The van der Waals surface area contributed by atoms with E-state index >= 15 is 0 Å². The molecule has 0 radical (unpaired) electrons. The standard InChI is InChI=1S/C23H20F3N3O3/c1-4-5-16(14-8-15(11-28-10-14)23(24,25)26)20(27)18(30)9-13-6-12(2)7-17-19(13)22(32)29(3)21(17)31/h4-8,10-11,20H,1,9,27H2,2-3H3/b16-5-. The number of amides is 2. The highest BCUT2D eigenvalue weighted by molar-refractivity contribution is 6.22. The number of hydrogen-bond donors (Lipinski definition) is 1. The van der Waals surface area contributed by atoms with Gasteiger partial charge in [-0.25, -0.2) is 0 Å².